The average molecular weight is 473 g/mol. The Morgan fingerprint density at radius 3 is 2.18 bits per heavy atom. The maximum absolute atomic E-state index is 13.4. The van der Waals surface area contributed by atoms with E-state index in [1.54, 1.807) is 30.3 Å². The Morgan fingerprint density at radius 2 is 1.62 bits per heavy atom. The first-order valence-electron chi connectivity index (χ1n) is 11.6. The van der Waals surface area contributed by atoms with Gasteiger partial charge in [0.25, 0.3) is 5.91 Å². The van der Waals surface area contributed by atoms with Crippen LogP contribution in [0.4, 0.5) is 4.39 Å². The van der Waals surface area contributed by atoms with Gasteiger partial charge in [0.05, 0.1) is 14.2 Å². The number of halogens is 1. The molecule has 1 unspecified atom stereocenters. The summed E-state index contributed by atoms with van der Waals surface area (Å²) < 4.78 is 29.7. The fraction of sp³-hybridized carbons (Fsp3) is 0.462. The van der Waals surface area contributed by atoms with Gasteiger partial charge in [-0.25, -0.2) is 4.39 Å². The van der Waals surface area contributed by atoms with E-state index in [4.69, 9.17) is 14.2 Å². The van der Waals surface area contributed by atoms with Crippen molar-refractivity contribution in [3.05, 3.63) is 53.8 Å². The zero-order valence-electron chi connectivity index (χ0n) is 20.0. The Labute approximate surface area is 200 Å². The van der Waals surface area contributed by atoms with Gasteiger partial charge in [-0.3, -0.25) is 9.59 Å². The van der Waals surface area contributed by atoms with E-state index in [0.29, 0.717) is 23.7 Å². The molecule has 34 heavy (non-hydrogen) atoms. The van der Waals surface area contributed by atoms with Crippen molar-refractivity contribution in [2.75, 3.05) is 20.8 Å². The summed E-state index contributed by atoms with van der Waals surface area (Å²) >= 11 is 0. The summed E-state index contributed by atoms with van der Waals surface area (Å²) in [6, 6.07) is 10.4. The molecule has 1 aliphatic rings. The highest BCUT2D eigenvalue weighted by atomic mass is 19.1. The Balaban J connectivity index is 1.77. The highest BCUT2D eigenvalue weighted by Gasteiger charge is 2.31. The first-order chi connectivity index (χ1) is 16.4. The molecule has 1 saturated carbocycles. The lowest BCUT2D eigenvalue weighted by molar-refractivity contribution is -0.143. The minimum absolute atomic E-state index is 0.143. The molecule has 0 bridgehead atoms. The van der Waals surface area contributed by atoms with Crippen LogP contribution in [0.3, 0.4) is 0 Å². The molecule has 0 heterocycles. The molecular weight excluding hydrogens is 439 g/mol. The van der Waals surface area contributed by atoms with Crippen molar-refractivity contribution < 1.29 is 28.2 Å². The molecule has 0 saturated heterocycles. The maximum Gasteiger partial charge on any atom is 0.261 e. The van der Waals surface area contributed by atoms with Crippen LogP contribution >= 0.6 is 0 Å². The van der Waals surface area contributed by atoms with Gasteiger partial charge in [-0.15, -0.1) is 0 Å². The van der Waals surface area contributed by atoms with Crippen molar-refractivity contribution in [3.63, 3.8) is 0 Å². The molecule has 0 aliphatic heterocycles. The van der Waals surface area contributed by atoms with Gasteiger partial charge in [0.1, 0.15) is 29.1 Å². The molecule has 0 radical (unpaired) electrons. The van der Waals surface area contributed by atoms with Crippen molar-refractivity contribution in [3.8, 4) is 17.2 Å². The first kappa shape index (κ1) is 25.3. The lowest BCUT2D eigenvalue weighted by Gasteiger charge is -2.31. The molecule has 184 valence electrons. The quantitative estimate of drug-likeness (QED) is 0.533. The molecule has 8 heteroatoms. The van der Waals surface area contributed by atoms with E-state index in [2.05, 4.69) is 5.32 Å². The van der Waals surface area contributed by atoms with Gasteiger partial charge in [0.15, 0.2) is 6.61 Å². The van der Waals surface area contributed by atoms with Crippen LogP contribution in [0.5, 0.6) is 17.2 Å². The molecule has 7 nitrogen and oxygen atoms in total. The third kappa shape index (κ3) is 6.85. The number of amides is 2. The van der Waals surface area contributed by atoms with Gasteiger partial charge in [-0.1, -0.05) is 31.9 Å². The number of carbonyl (C=O) groups is 2. The molecule has 1 fully saturated rings. The maximum atomic E-state index is 13.4. The molecule has 0 aromatic heterocycles. The highest BCUT2D eigenvalue weighted by Crippen LogP contribution is 2.27. The summed E-state index contributed by atoms with van der Waals surface area (Å²) in [5, 5.41) is 3.10. The van der Waals surface area contributed by atoms with Gasteiger partial charge in [-0.05, 0) is 37.0 Å². The average Bonchev–Trinajstić information content (AvgIpc) is 3.36. The number of carbonyl (C=O) groups excluding carboxylic acids is 2. The van der Waals surface area contributed by atoms with Gasteiger partial charge in [0.2, 0.25) is 5.91 Å². The number of rotatable bonds is 11. The normalized spacial score (nSPS) is 14.4. The zero-order chi connectivity index (χ0) is 24.5. The predicted octanol–water partition coefficient (Wildman–Crippen LogP) is 4.09. The van der Waals surface area contributed by atoms with Crippen molar-refractivity contribution >= 4 is 11.8 Å². The van der Waals surface area contributed by atoms with Crippen molar-refractivity contribution in [2.45, 2.75) is 57.7 Å². The Bertz CT molecular complexity index is 938. The van der Waals surface area contributed by atoms with Crippen molar-refractivity contribution in [1.29, 1.82) is 0 Å². The first-order valence-corrected chi connectivity index (χ1v) is 11.6. The Morgan fingerprint density at radius 1 is 1.03 bits per heavy atom. The number of benzene rings is 2. The third-order valence-corrected chi connectivity index (χ3v) is 6.04. The van der Waals surface area contributed by atoms with Crippen LogP contribution in [0.15, 0.2) is 42.5 Å². The minimum Gasteiger partial charge on any atom is -0.496 e. The number of ether oxygens (including phenoxy) is 3. The molecule has 2 aromatic rings. The highest BCUT2D eigenvalue weighted by molar-refractivity contribution is 5.88. The van der Waals surface area contributed by atoms with Gasteiger partial charge in [0, 0.05) is 30.8 Å². The predicted molar refractivity (Wildman–Crippen MR) is 126 cm³/mol. The number of hydrogen-bond donors (Lipinski definition) is 1. The van der Waals surface area contributed by atoms with E-state index >= 15 is 0 Å². The SMILES string of the molecule is CCC(C(=O)NC1CCCC1)N(Cc1ccc(F)cc1)C(=O)COc1cc(OC)cc(OC)c1. The fourth-order valence-corrected chi connectivity index (χ4v) is 4.17. The Kier molecular flexibility index (Phi) is 9.13. The number of nitrogens with one attached hydrogen (secondary N) is 1. The molecule has 1 atom stereocenters. The number of hydrogen-bond acceptors (Lipinski definition) is 5. The van der Waals surface area contributed by atoms with Crippen LogP contribution in [0.2, 0.25) is 0 Å². The number of methoxy groups -OCH3 is 2. The van der Waals surface area contributed by atoms with Gasteiger partial charge in [-0.2, -0.15) is 0 Å². The molecule has 1 aliphatic carbocycles. The fourth-order valence-electron chi connectivity index (χ4n) is 4.17. The molecular formula is C26H33FN2O5. The summed E-state index contributed by atoms with van der Waals surface area (Å²) in [5.74, 6) is 0.602. The topological polar surface area (TPSA) is 77.1 Å². The standard InChI is InChI=1S/C26H33FN2O5/c1-4-24(26(31)28-20-7-5-6-8-20)29(16-18-9-11-19(27)12-10-18)25(30)17-34-23-14-21(32-2)13-22(15-23)33-3/h9-15,20,24H,4-8,16-17H2,1-3H3,(H,28,31). The summed E-state index contributed by atoms with van der Waals surface area (Å²) in [4.78, 5) is 28.0. The van der Waals surface area contributed by atoms with E-state index in [1.807, 2.05) is 6.92 Å². The van der Waals surface area contributed by atoms with Crippen LogP contribution in [0.1, 0.15) is 44.6 Å². The summed E-state index contributed by atoms with van der Waals surface area (Å²) in [5.41, 5.74) is 0.727. The van der Waals surface area contributed by atoms with Gasteiger partial charge >= 0.3 is 0 Å². The van der Waals surface area contributed by atoms with E-state index in [1.165, 1.54) is 31.3 Å². The monoisotopic (exact) mass is 472 g/mol. The lowest BCUT2D eigenvalue weighted by atomic mass is 10.1. The summed E-state index contributed by atoms with van der Waals surface area (Å²) in [7, 11) is 3.06. The number of nitrogens with zero attached hydrogens (tertiary/aromatic N) is 1. The van der Waals surface area contributed by atoms with Crippen molar-refractivity contribution in [1.82, 2.24) is 10.2 Å². The largest absolute Gasteiger partial charge is 0.496 e. The van der Waals surface area contributed by atoms with Crippen LogP contribution < -0.4 is 19.5 Å². The smallest absolute Gasteiger partial charge is 0.261 e. The second-order valence-electron chi connectivity index (χ2n) is 8.40. The van der Waals surface area contributed by atoms with Crippen molar-refractivity contribution in [2.24, 2.45) is 0 Å². The van der Waals surface area contributed by atoms with Crippen LogP contribution in [0.25, 0.3) is 0 Å². The molecule has 0 spiro atoms. The Hall–Kier alpha value is -3.29. The van der Waals surface area contributed by atoms with E-state index in [0.717, 1.165) is 31.2 Å². The minimum atomic E-state index is -0.665. The van der Waals surface area contributed by atoms with E-state index < -0.39 is 6.04 Å². The van der Waals surface area contributed by atoms with Gasteiger partial charge < -0.3 is 24.4 Å². The zero-order valence-corrected chi connectivity index (χ0v) is 20.0. The van der Waals surface area contributed by atoms with Crippen LogP contribution in [0, 0.1) is 5.82 Å². The second-order valence-corrected chi connectivity index (χ2v) is 8.40. The van der Waals surface area contributed by atoms with E-state index in [9.17, 15) is 14.0 Å². The summed E-state index contributed by atoms with van der Waals surface area (Å²) in [6.07, 6.45) is 4.54. The molecule has 1 N–H and O–H groups in total. The molecule has 2 aromatic carbocycles. The summed E-state index contributed by atoms with van der Waals surface area (Å²) in [6.45, 7) is 1.77. The van der Waals surface area contributed by atoms with Crippen LogP contribution in [-0.2, 0) is 16.1 Å². The lowest BCUT2D eigenvalue weighted by Crippen LogP contribution is -2.52. The molecule has 2 amide bonds. The van der Waals surface area contributed by atoms with Crippen LogP contribution in [-0.4, -0.2) is 49.6 Å². The third-order valence-electron chi connectivity index (χ3n) is 6.04. The second kappa shape index (κ2) is 12.3. The molecule has 3 rings (SSSR count). The van der Waals surface area contributed by atoms with E-state index in [-0.39, 0.29) is 36.8 Å².